The van der Waals surface area contributed by atoms with Crippen molar-refractivity contribution in [1.82, 2.24) is 9.88 Å². The highest BCUT2D eigenvalue weighted by atomic mass is 16.5. The van der Waals surface area contributed by atoms with Gasteiger partial charge < -0.3 is 14.5 Å². The summed E-state index contributed by atoms with van der Waals surface area (Å²) in [7, 11) is 1.83. The molecule has 1 aliphatic heterocycles. The number of nitrogens with zero attached hydrogens (tertiary/aromatic N) is 3. The zero-order valence-corrected chi connectivity index (χ0v) is 14.2. The molecule has 1 saturated heterocycles. The van der Waals surface area contributed by atoms with Crippen molar-refractivity contribution < 1.29 is 9.53 Å². The molecule has 1 aliphatic rings. The van der Waals surface area contributed by atoms with E-state index in [9.17, 15) is 4.79 Å². The molecule has 5 nitrogen and oxygen atoms in total. The molecule has 0 unspecified atom stereocenters. The van der Waals surface area contributed by atoms with E-state index in [1.54, 1.807) is 11.1 Å². The standard InChI is InChI=1S/C19H23N3O2/c1-15(16-6-4-3-5-7-16)21(2)19(23)17-8-9-18(20-14-17)22-10-12-24-13-11-22/h3-9,14-15H,10-13H2,1-2H3/t15-/m1/s1. The van der Waals surface area contributed by atoms with E-state index in [2.05, 4.69) is 9.88 Å². The molecule has 24 heavy (non-hydrogen) atoms. The highest BCUT2D eigenvalue weighted by molar-refractivity contribution is 5.94. The molecular weight excluding hydrogens is 302 g/mol. The van der Waals surface area contributed by atoms with Crippen LogP contribution < -0.4 is 4.90 Å². The molecule has 1 aromatic carbocycles. The third-order valence-electron chi connectivity index (χ3n) is 4.51. The van der Waals surface area contributed by atoms with Crippen LogP contribution in [0.1, 0.15) is 28.9 Å². The number of ether oxygens (including phenoxy) is 1. The Morgan fingerprint density at radius 2 is 1.88 bits per heavy atom. The Morgan fingerprint density at radius 1 is 1.17 bits per heavy atom. The number of hydrogen-bond acceptors (Lipinski definition) is 4. The summed E-state index contributed by atoms with van der Waals surface area (Å²) >= 11 is 0. The van der Waals surface area contributed by atoms with E-state index in [4.69, 9.17) is 4.74 Å². The van der Waals surface area contributed by atoms with Crippen LogP contribution in [-0.2, 0) is 4.74 Å². The second-order valence-electron chi connectivity index (χ2n) is 6.01. The van der Waals surface area contributed by atoms with Crippen LogP contribution in [0, 0.1) is 0 Å². The van der Waals surface area contributed by atoms with Gasteiger partial charge in [0.15, 0.2) is 0 Å². The second-order valence-corrected chi connectivity index (χ2v) is 6.01. The van der Waals surface area contributed by atoms with Gasteiger partial charge in [0, 0.05) is 26.3 Å². The maximum absolute atomic E-state index is 12.7. The highest BCUT2D eigenvalue weighted by Gasteiger charge is 2.20. The first kappa shape index (κ1) is 16.5. The van der Waals surface area contributed by atoms with Gasteiger partial charge in [-0.15, -0.1) is 0 Å². The van der Waals surface area contributed by atoms with Gasteiger partial charge in [0.25, 0.3) is 5.91 Å². The SMILES string of the molecule is C[C@H](c1ccccc1)N(C)C(=O)c1ccc(N2CCOCC2)nc1. The number of hydrogen-bond donors (Lipinski definition) is 0. The smallest absolute Gasteiger partial charge is 0.255 e. The molecule has 0 spiro atoms. The topological polar surface area (TPSA) is 45.7 Å². The van der Waals surface area contributed by atoms with E-state index in [-0.39, 0.29) is 11.9 Å². The Morgan fingerprint density at radius 3 is 2.50 bits per heavy atom. The zero-order valence-electron chi connectivity index (χ0n) is 14.2. The molecule has 1 fully saturated rings. The van der Waals surface area contributed by atoms with Crippen molar-refractivity contribution in [2.45, 2.75) is 13.0 Å². The third-order valence-corrected chi connectivity index (χ3v) is 4.51. The lowest BCUT2D eigenvalue weighted by Crippen LogP contribution is -2.36. The van der Waals surface area contributed by atoms with Crippen LogP contribution in [0.3, 0.4) is 0 Å². The Kier molecular flexibility index (Phi) is 5.11. The molecule has 0 N–H and O–H groups in total. The summed E-state index contributed by atoms with van der Waals surface area (Å²) < 4.78 is 5.35. The van der Waals surface area contributed by atoms with Crippen LogP contribution in [0.15, 0.2) is 48.7 Å². The van der Waals surface area contributed by atoms with Gasteiger partial charge in [-0.2, -0.15) is 0 Å². The fourth-order valence-electron chi connectivity index (χ4n) is 2.83. The quantitative estimate of drug-likeness (QED) is 0.867. The zero-order chi connectivity index (χ0) is 16.9. The third kappa shape index (κ3) is 3.57. The number of morpholine rings is 1. The van der Waals surface area contributed by atoms with Gasteiger partial charge in [-0.05, 0) is 24.6 Å². The molecule has 2 heterocycles. The largest absolute Gasteiger partial charge is 0.378 e. The first-order chi connectivity index (χ1) is 11.7. The first-order valence-electron chi connectivity index (χ1n) is 8.27. The van der Waals surface area contributed by atoms with Crippen molar-refractivity contribution in [3.63, 3.8) is 0 Å². The Bertz CT molecular complexity index is 667. The highest BCUT2D eigenvalue weighted by Crippen LogP contribution is 2.21. The number of pyridine rings is 1. The van der Waals surface area contributed by atoms with Crippen LogP contribution in [-0.4, -0.2) is 49.1 Å². The number of amides is 1. The van der Waals surface area contributed by atoms with Crippen molar-refractivity contribution in [3.8, 4) is 0 Å². The monoisotopic (exact) mass is 325 g/mol. The summed E-state index contributed by atoms with van der Waals surface area (Å²) in [6, 6.07) is 13.8. The van der Waals surface area contributed by atoms with Crippen molar-refractivity contribution in [2.24, 2.45) is 0 Å². The lowest BCUT2D eigenvalue weighted by Gasteiger charge is -2.28. The number of anilines is 1. The molecule has 126 valence electrons. The second kappa shape index (κ2) is 7.45. The van der Waals surface area contributed by atoms with E-state index in [0.717, 1.165) is 37.7 Å². The molecule has 2 aromatic rings. The number of carbonyl (C=O) groups is 1. The van der Waals surface area contributed by atoms with Crippen LogP contribution in [0.2, 0.25) is 0 Å². The number of carbonyl (C=O) groups excluding carboxylic acids is 1. The average Bonchev–Trinajstić information content (AvgIpc) is 2.68. The minimum atomic E-state index is -0.0209. The van der Waals surface area contributed by atoms with Gasteiger partial charge in [0.2, 0.25) is 0 Å². The lowest BCUT2D eigenvalue weighted by molar-refractivity contribution is 0.0742. The number of rotatable bonds is 4. The minimum Gasteiger partial charge on any atom is -0.378 e. The first-order valence-corrected chi connectivity index (χ1v) is 8.27. The van der Waals surface area contributed by atoms with E-state index in [0.29, 0.717) is 5.56 Å². The summed E-state index contributed by atoms with van der Waals surface area (Å²) in [6.07, 6.45) is 1.67. The van der Waals surface area contributed by atoms with E-state index in [1.165, 1.54) is 0 Å². The van der Waals surface area contributed by atoms with E-state index >= 15 is 0 Å². The molecule has 0 aliphatic carbocycles. The molecule has 5 heteroatoms. The van der Waals surface area contributed by atoms with Crippen LogP contribution >= 0.6 is 0 Å². The molecule has 0 saturated carbocycles. The fourth-order valence-corrected chi connectivity index (χ4v) is 2.83. The summed E-state index contributed by atoms with van der Waals surface area (Å²) in [6.45, 7) is 5.15. The number of aromatic nitrogens is 1. The van der Waals surface area contributed by atoms with Crippen LogP contribution in [0.4, 0.5) is 5.82 Å². The summed E-state index contributed by atoms with van der Waals surface area (Å²) in [4.78, 5) is 21.1. The molecule has 3 rings (SSSR count). The predicted molar refractivity (Wildman–Crippen MR) is 94.2 cm³/mol. The molecule has 1 aromatic heterocycles. The fraction of sp³-hybridized carbons (Fsp3) is 0.368. The Balaban J connectivity index is 1.70. The van der Waals surface area contributed by atoms with Gasteiger partial charge in [-0.3, -0.25) is 4.79 Å². The molecular formula is C19H23N3O2. The van der Waals surface area contributed by atoms with Crippen molar-refractivity contribution in [2.75, 3.05) is 38.3 Å². The van der Waals surface area contributed by atoms with E-state index in [1.807, 2.05) is 56.4 Å². The number of benzene rings is 1. The summed E-state index contributed by atoms with van der Waals surface area (Å²) in [5, 5.41) is 0. The van der Waals surface area contributed by atoms with E-state index < -0.39 is 0 Å². The van der Waals surface area contributed by atoms with Crippen molar-refractivity contribution >= 4 is 11.7 Å². The van der Waals surface area contributed by atoms with Gasteiger partial charge in [-0.25, -0.2) is 4.98 Å². The Hall–Kier alpha value is -2.40. The normalized spacial score (nSPS) is 15.8. The molecule has 0 radical (unpaired) electrons. The molecule has 0 bridgehead atoms. The van der Waals surface area contributed by atoms with Gasteiger partial charge in [0.1, 0.15) is 5.82 Å². The Labute approximate surface area is 142 Å². The molecule has 1 atom stereocenters. The minimum absolute atomic E-state index is 0.0117. The van der Waals surface area contributed by atoms with Gasteiger partial charge in [0.05, 0.1) is 24.8 Å². The lowest BCUT2D eigenvalue weighted by atomic mass is 10.1. The van der Waals surface area contributed by atoms with Gasteiger partial charge >= 0.3 is 0 Å². The summed E-state index contributed by atoms with van der Waals surface area (Å²) in [5.74, 6) is 0.876. The maximum atomic E-state index is 12.7. The molecule has 1 amide bonds. The summed E-state index contributed by atoms with van der Waals surface area (Å²) in [5.41, 5.74) is 1.73. The van der Waals surface area contributed by atoms with Crippen molar-refractivity contribution in [3.05, 3.63) is 59.8 Å². The van der Waals surface area contributed by atoms with Crippen LogP contribution in [0.25, 0.3) is 0 Å². The predicted octanol–water partition coefficient (Wildman–Crippen LogP) is 2.75. The van der Waals surface area contributed by atoms with Gasteiger partial charge in [-0.1, -0.05) is 30.3 Å². The van der Waals surface area contributed by atoms with Crippen LogP contribution in [0.5, 0.6) is 0 Å². The van der Waals surface area contributed by atoms with Crippen molar-refractivity contribution in [1.29, 1.82) is 0 Å². The average molecular weight is 325 g/mol. The maximum Gasteiger partial charge on any atom is 0.255 e.